The SMILES string of the molecule is CC1(C)c2c[c-]c(-c3cc4ccccc4cn3)cc2-c2ccccc21.[Ir].[c-]1ccc(-c2ccccc2)cc1-c1nc2ccccc2s1. The molecule has 1 aliphatic rings. The van der Waals surface area contributed by atoms with Crippen LogP contribution in [0.4, 0.5) is 0 Å². The van der Waals surface area contributed by atoms with E-state index >= 15 is 0 Å². The summed E-state index contributed by atoms with van der Waals surface area (Å²) in [5.41, 5.74) is 12.0. The number of thiazole rings is 1. The van der Waals surface area contributed by atoms with Crippen molar-refractivity contribution in [2.24, 2.45) is 0 Å². The molecule has 6 aromatic carbocycles. The molecule has 0 atom stereocenters. The molecule has 0 saturated carbocycles. The molecule has 0 aliphatic heterocycles. The fraction of sp³-hybridized carbons (Fsp3) is 0.0698. The van der Waals surface area contributed by atoms with Gasteiger partial charge in [-0.15, -0.1) is 64.7 Å². The summed E-state index contributed by atoms with van der Waals surface area (Å²) in [7, 11) is 0. The van der Waals surface area contributed by atoms with Crippen LogP contribution in [0.15, 0.2) is 146 Å². The van der Waals surface area contributed by atoms with Crippen molar-refractivity contribution >= 4 is 32.3 Å². The van der Waals surface area contributed by atoms with Crippen LogP contribution >= 0.6 is 11.3 Å². The van der Waals surface area contributed by atoms with E-state index in [1.54, 1.807) is 11.3 Å². The van der Waals surface area contributed by atoms with E-state index in [1.807, 2.05) is 36.5 Å². The molecule has 1 radical (unpaired) electrons. The third-order valence-corrected chi connectivity index (χ3v) is 9.92. The quantitative estimate of drug-likeness (QED) is 0.166. The number of fused-ring (bicyclic) bond motifs is 5. The molecular formula is C43H30IrN2S-2. The molecule has 0 N–H and O–H groups in total. The first-order valence-corrected chi connectivity index (χ1v) is 16.3. The summed E-state index contributed by atoms with van der Waals surface area (Å²) in [6.45, 7) is 4.58. The smallest absolute Gasteiger partial charge is 0.0697 e. The first kappa shape index (κ1) is 30.9. The van der Waals surface area contributed by atoms with Gasteiger partial charge in [0.2, 0.25) is 0 Å². The molecule has 0 amide bonds. The van der Waals surface area contributed by atoms with Crippen LogP contribution in [0.25, 0.3) is 65.1 Å². The second-order valence-corrected chi connectivity index (χ2v) is 13.1. The van der Waals surface area contributed by atoms with Crippen molar-refractivity contribution in [1.82, 2.24) is 9.97 Å². The van der Waals surface area contributed by atoms with E-state index in [-0.39, 0.29) is 25.5 Å². The number of rotatable bonds is 3. The zero-order chi connectivity index (χ0) is 31.1. The van der Waals surface area contributed by atoms with Crippen molar-refractivity contribution in [3.05, 3.63) is 169 Å². The van der Waals surface area contributed by atoms with E-state index in [9.17, 15) is 0 Å². The van der Waals surface area contributed by atoms with Crippen LogP contribution in [0, 0.1) is 12.1 Å². The monoisotopic (exact) mass is 799 g/mol. The van der Waals surface area contributed by atoms with Gasteiger partial charge >= 0.3 is 0 Å². The maximum Gasteiger partial charge on any atom is 0.0697 e. The Hall–Kier alpha value is -4.73. The number of pyridine rings is 1. The van der Waals surface area contributed by atoms with E-state index < -0.39 is 0 Å². The van der Waals surface area contributed by atoms with Crippen molar-refractivity contribution < 1.29 is 20.1 Å². The Morgan fingerprint density at radius 2 is 1.36 bits per heavy atom. The van der Waals surface area contributed by atoms with E-state index in [2.05, 4.69) is 140 Å². The molecule has 9 rings (SSSR count). The van der Waals surface area contributed by atoms with Crippen molar-refractivity contribution in [2.75, 3.05) is 0 Å². The van der Waals surface area contributed by atoms with Crippen molar-refractivity contribution in [1.29, 1.82) is 0 Å². The maximum absolute atomic E-state index is 4.71. The summed E-state index contributed by atoms with van der Waals surface area (Å²) in [6.07, 6.45) is 1.95. The zero-order valence-corrected chi connectivity index (χ0v) is 29.2. The van der Waals surface area contributed by atoms with E-state index in [1.165, 1.54) is 48.9 Å². The normalized spacial score (nSPS) is 12.5. The van der Waals surface area contributed by atoms with Crippen LogP contribution in [-0.4, -0.2) is 9.97 Å². The summed E-state index contributed by atoms with van der Waals surface area (Å²) < 4.78 is 1.21. The van der Waals surface area contributed by atoms with Crippen LogP contribution in [0.5, 0.6) is 0 Å². The number of benzene rings is 6. The average molecular weight is 799 g/mol. The molecule has 2 nitrogen and oxygen atoms in total. The van der Waals surface area contributed by atoms with Crippen molar-refractivity contribution in [3.63, 3.8) is 0 Å². The third-order valence-electron chi connectivity index (χ3n) is 8.85. The van der Waals surface area contributed by atoms with Gasteiger partial charge in [-0.05, 0) is 50.7 Å². The molecule has 0 bridgehead atoms. The summed E-state index contributed by atoms with van der Waals surface area (Å²) in [6, 6.07) is 55.2. The fourth-order valence-electron chi connectivity index (χ4n) is 6.41. The van der Waals surface area contributed by atoms with Crippen molar-refractivity contribution in [3.8, 4) is 44.1 Å². The summed E-state index contributed by atoms with van der Waals surface area (Å²) in [5, 5.41) is 3.40. The Labute approximate surface area is 293 Å². The molecular weight excluding hydrogens is 769 g/mol. The number of hydrogen-bond donors (Lipinski definition) is 0. The summed E-state index contributed by atoms with van der Waals surface area (Å²) in [5.74, 6) is 0. The molecule has 0 spiro atoms. The van der Waals surface area contributed by atoms with Crippen LogP contribution in [0.1, 0.15) is 25.0 Å². The molecule has 47 heavy (non-hydrogen) atoms. The Balaban J connectivity index is 0.000000148. The standard InChI is InChI=1S/C24H18N.C19H12NS.Ir/c1-24(2)21-10-6-5-9-19(21)20-13-17(11-12-22(20)24)23-14-16-7-3-4-8-18(16)15-25-23;1-2-7-14(8-3-1)15-9-6-10-16(13-15)19-20-17-11-4-5-12-18(17)21-19;/h3-10,12-15H,1-2H3;1-9,11-13H;/q2*-1;. The summed E-state index contributed by atoms with van der Waals surface area (Å²) in [4.78, 5) is 9.37. The van der Waals surface area contributed by atoms with Crippen LogP contribution in [-0.2, 0) is 25.5 Å². The minimum atomic E-state index is 0. The minimum absolute atomic E-state index is 0. The molecule has 0 saturated heterocycles. The van der Waals surface area contributed by atoms with Crippen LogP contribution in [0.3, 0.4) is 0 Å². The Morgan fingerprint density at radius 1 is 0.617 bits per heavy atom. The minimum Gasteiger partial charge on any atom is -0.304 e. The first-order chi connectivity index (χ1) is 22.5. The molecule has 229 valence electrons. The van der Waals surface area contributed by atoms with Crippen molar-refractivity contribution in [2.45, 2.75) is 19.3 Å². The third kappa shape index (κ3) is 5.85. The van der Waals surface area contributed by atoms with Crippen LogP contribution < -0.4 is 0 Å². The number of hydrogen-bond acceptors (Lipinski definition) is 3. The average Bonchev–Trinajstić information content (AvgIpc) is 3.65. The van der Waals surface area contributed by atoms with Gasteiger partial charge in [-0.25, -0.2) is 0 Å². The van der Waals surface area contributed by atoms with Gasteiger partial charge in [0.1, 0.15) is 0 Å². The van der Waals surface area contributed by atoms with Gasteiger partial charge in [-0.2, -0.15) is 11.3 Å². The van der Waals surface area contributed by atoms with Gasteiger partial charge in [0.25, 0.3) is 0 Å². The molecule has 0 fully saturated rings. The first-order valence-electron chi connectivity index (χ1n) is 15.5. The predicted octanol–water partition coefficient (Wildman–Crippen LogP) is 11.4. The largest absolute Gasteiger partial charge is 0.304 e. The van der Waals surface area contributed by atoms with Crippen LogP contribution in [0.2, 0.25) is 0 Å². The number of para-hydroxylation sites is 1. The van der Waals surface area contributed by atoms with Gasteiger partial charge in [0.05, 0.1) is 5.52 Å². The number of nitrogens with zero attached hydrogens (tertiary/aromatic N) is 2. The van der Waals surface area contributed by atoms with Gasteiger partial charge in [-0.3, -0.25) is 4.98 Å². The number of aromatic nitrogens is 2. The molecule has 2 heterocycles. The second kappa shape index (κ2) is 12.8. The molecule has 8 aromatic rings. The van der Waals surface area contributed by atoms with E-state index in [4.69, 9.17) is 4.98 Å². The summed E-state index contributed by atoms with van der Waals surface area (Å²) >= 11 is 1.71. The second-order valence-electron chi connectivity index (χ2n) is 12.1. The Kier molecular flexibility index (Phi) is 8.42. The molecule has 2 aromatic heterocycles. The van der Waals surface area contributed by atoms with E-state index in [0.717, 1.165) is 27.3 Å². The Morgan fingerprint density at radius 3 is 2.21 bits per heavy atom. The van der Waals surface area contributed by atoms with Gasteiger partial charge < -0.3 is 4.98 Å². The van der Waals surface area contributed by atoms with Gasteiger partial charge in [-0.1, -0.05) is 116 Å². The van der Waals surface area contributed by atoms with Gasteiger partial charge in [0.15, 0.2) is 0 Å². The van der Waals surface area contributed by atoms with E-state index in [0.29, 0.717) is 0 Å². The topological polar surface area (TPSA) is 25.8 Å². The van der Waals surface area contributed by atoms with Gasteiger partial charge in [0, 0.05) is 36.0 Å². The fourth-order valence-corrected chi connectivity index (χ4v) is 7.35. The zero-order valence-electron chi connectivity index (χ0n) is 26.0. The molecule has 1 aliphatic carbocycles. The molecule has 4 heteroatoms. The molecule has 0 unspecified atom stereocenters. The maximum atomic E-state index is 4.71. The predicted molar refractivity (Wildman–Crippen MR) is 193 cm³/mol. The Bertz CT molecular complexity index is 2320.